The molecule has 0 saturated heterocycles. The van der Waals surface area contributed by atoms with Crippen molar-refractivity contribution in [2.45, 2.75) is 6.92 Å². The minimum Gasteiger partial charge on any atom is -0.508 e. The van der Waals surface area contributed by atoms with Crippen LogP contribution in [0.25, 0.3) is 5.43 Å². The SMILES string of the molecule is CCOC(=O)[N-]N=Cc1ccccc1.[K+]. The topological polar surface area (TPSA) is 52.8 Å². The molecule has 0 aliphatic carbocycles. The van der Waals surface area contributed by atoms with E-state index >= 15 is 0 Å². The van der Waals surface area contributed by atoms with Gasteiger partial charge in [0, 0.05) is 6.21 Å². The summed E-state index contributed by atoms with van der Waals surface area (Å²) in [6, 6.07) is 9.39. The molecule has 0 radical (unpaired) electrons. The van der Waals surface area contributed by atoms with Gasteiger partial charge in [-0.3, -0.25) is 4.79 Å². The number of hydrogen-bond acceptors (Lipinski definition) is 3. The summed E-state index contributed by atoms with van der Waals surface area (Å²) in [6.45, 7) is 2.03. The number of carbonyl (C=O) groups excluding carboxylic acids is 1. The normalized spacial score (nSPS) is 9.40. The van der Waals surface area contributed by atoms with Gasteiger partial charge >= 0.3 is 51.4 Å². The van der Waals surface area contributed by atoms with Crippen LogP contribution in [0, 0.1) is 0 Å². The van der Waals surface area contributed by atoms with Crippen LogP contribution in [-0.4, -0.2) is 18.9 Å². The van der Waals surface area contributed by atoms with Crippen LogP contribution in [0.5, 0.6) is 0 Å². The molecule has 0 aliphatic rings. The second-order valence-corrected chi connectivity index (χ2v) is 2.45. The summed E-state index contributed by atoms with van der Waals surface area (Å²) in [6.07, 6.45) is 0.830. The number of hydrogen-bond donors (Lipinski definition) is 0. The van der Waals surface area contributed by atoms with Crippen molar-refractivity contribution >= 4 is 12.3 Å². The van der Waals surface area contributed by atoms with E-state index in [9.17, 15) is 4.79 Å². The molecule has 0 heterocycles. The van der Waals surface area contributed by atoms with Crippen LogP contribution >= 0.6 is 0 Å². The van der Waals surface area contributed by atoms with Crippen molar-refractivity contribution in [2.24, 2.45) is 5.10 Å². The molecule has 4 nitrogen and oxygen atoms in total. The Balaban J connectivity index is 0.00000196. The van der Waals surface area contributed by atoms with Gasteiger partial charge in [0.25, 0.3) is 0 Å². The zero-order chi connectivity index (χ0) is 10.2. The third-order valence-electron chi connectivity index (χ3n) is 1.41. The molecule has 0 N–H and O–H groups in total. The third kappa shape index (κ3) is 6.81. The summed E-state index contributed by atoms with van der Waals surface area (Å²) >= 11 is 0. The Hall–Kier alpha value is -0.204. The molecule has 0 aromatic heterocycles. The first-order chi connectivity index (χ1) is 6.83. The average Bonchev–Trinajstić information content (AvgIpc) is 2.20. The smallest absolute Gasteiger partial charge is 0.508 e. The molecular weight excluding hydrogens is 219 g/mol. The summed E-state index contributed by atoms with van der Waals surface area (Å²) in [5, 5.41) is 3.59. The second-order valence-electron chi connectivity index (χ2n) is 2.45. The van der Waals surface area contributed by atoms with E-state index in [2.05, 4.69) is 15.3 Å². The van der Waals surface area contributed by atoms with Crippen molar-refractivity contribution in [3.05, 3.63) is 41.3 Å². The van der Waals surface area contributed by atoms with Crippen LogP contribution in [0.2, 0.25) is 0 Å². The monoisotopic (exact) mass is 230 g/mol. The minimum absolute atomic E-state index is 0. The fourth-order valence-corrected chi connectivity index (χ4v) is 0.834. The van der Waals surface area contributed by atoms with Crippen LogP contribution in [-0.2, 0) is 4.74 Å². The van der Waals surface area contributed by atoms with Crippen LogP contribution < -0.4 is 51.4 Å². The zero-order valence-electron chi connectivity index (χ0n) is 8.88. The van der Waals surface area contributed by atoms with Crippen LogP contribution in [0.15, 0.2) is 35.4 Å². The van der Waals surface area contributed by atoms with E-state index in [0.29, 0.717) is 6.61 Å². The first-order valence-corrected chi connectivity index (χ1v) is 4.29. The Morgan fingerprint density at radius 3 is 2.73 bits per heavy atom. The van der Waals surface area contributed by atoms with Gasteiger partial charge in [-0.05, 0) is 12.5 Å². The van der Waals surface area contributed by atoms with Gasteiger partial charge in [0.1, 0.15) is 0 Å². The van der Waals surface area contributed by atoms with Gasteiger partial charge in [-0.25, -0.2) is 0 Å². The molecule has 0 atom stereocenters. The molecule has 0 aliphatic heterocycles. The molecule has 15 heavy (non-hydrogen) atoms. The number of nitrogens with zero attached hydrogens (tertiary/aromatic N) is 2. The minimum atomic E-state index is -0.667. The van der Waals surface area contributed by atoms with Gasteiger partial charge in [-0.1, -0.05) is 30.3 Å². The molecule has 1 aromatic carbocycles. The zero-order valence-corrected chi connectivity index (χ0v) is 12.0. The van der Waals surface area contributed by atoms with Crippen molar-refractivity contribution in [3.63, 3.8) is 0 Å². The largest absolute Gasteiger partial charge is 1.00 e. The van der Waals surface area contributed by atoms with E-state index in [1.807, 2.05) is 30.3 Å². The van der Waals surface area contributed by atoms with E-state index in [4.69, 9.17) is 0 Å². The van der Waals surface area contributed by atoms with Gasteiger partial charge in [0.2, 0.25) is 6.09 Å². The molecule has 0 spiro atoms. The summed E-state index contributed by atoms with van der Waals surface area (Å²) in [4.78, 5) is 10.7. The summed E-state index contributed by atoms with van der Waals surface area (Å²) in [5.41, 5.74) is 4.21. The van der Waals surface area contributed by atoms with Crippen LogP contribution in [0.3, 0.4) is 0 Å². The summed E-state index contributed by atoms with van der Waals surface area (Å²) in [5.74, 6) is 0. The van der Waals surface area contributed by atoms with Gasteiger partial charge < -0.3 is 15.3 Å². The van der Waals surface area contributed by atoms with E-state index in [0.717, 1.165) is 5.56 Å². The number of carbonyl (C=O) groups is 1. The molecule has 5 heteroatoms. The number of amides is 1. The molecule has 1 aromatic rings. The standard InChI is InChI=1S/C10H12N2O2.K/c1-2-14-10(13)12-11-8-9-6-4-3-5-7-9;/h3-8H,2H2,1H3,(H,12,13);/q;+1/p-1. The third-order valence-corrected chi connectivity index (χ3v) is 1.41. The molecular formula is C10H11KN2O2. The maximum Gasteiger partial charge on any atom is 1.00 e. The van der Waals surface area contributed by atoms with E-state index in [-0.39, 0.29) is 51.4 Å². The first kappa shape index (κ1) is 14.8. The maximum absolute atomic E-state index is 10.7. The van der Waals surface area contributed by atoms with Crippen molar-refractivity contribution in [1.82, 2.24) is 0 Å². The predicted octanol–water partition coefficient (Wildman–Crippen LogP) is -0.445. The van der Waals surface area contributed by atoms with Gasteiger partial charge in [0.15, 0.2) is 0 Å². The Morgan fingerprint density at radius 2 is 2.13 bits per heavy atom. The van der Waals surface area contributed by atoms with E-state index < -0.39 is 6.09 Å². The molecule has 1 rings (SSSR count). The molecule has 0 fully saturated rings. The average molecular weight is 230 g/mol. The Kier molecular flexibility index (Phi) is 8.93. The van der Waals surface area contributed by atoms with Gasteiger partial charge in [-0.15, -0.1) is 0 Å². The molecule has 0 unspecified atom stereocenters. The van der Waals surface area contributed by atoms with E-state index in [1.54, 1.807) is 6.92 Å². The molecule has 74 valence electrons. The van der Waals surface area contributed by atoms with E-state index in [1.165, 1.54) is 6.21 Å². The van der Waals surface area contributed by atoms with Crippen molar-refractivity contribution in [1.29, 1.82) is 0 Å². The Bertz CT molecular complexity index is 314. The molecule has 0 bridgehead atoms. The van der Waals surface area contributed by atoms with Crippen molar-refractivity contribution < 1.29 is 60.9 Å². The fourth-order valence-electron chi connectivity index (χ4n) is 0.834. The Labute approximate surface area is 132 Å². The summed E-state index contributed by atoms with van der Waals surface area (Å²) < 4.78 is 4.56. The number of benzene rings is 1. The number of ether oxygens (including phenoxy) is 1. The van der Waals surface area contributed by atoms with Gasteiger partial charge in [-0.2, -0.15) is 0 Å². The number of rotatable bonds is 3. The quantitative estimate of drug-likeness (QED) is 0.401. The predicted molar refractivity (Wildman–Crippen MR) is 54.4 cm³/mol. The van der Waals surface area contributed by atoms with Crippen LogP contribution in [0.4, 0.5) is 4.79 Å². The maximum atomic E-state index is 10.7. The van der Waals surface area contributed by atoms with Gasteiger partial charge in [0.05, 0.1) is 6.61 Å². The van der Waals surface area contributed by atoms with Crippen molar-refractivity contribution in [2.75, 3.05) is 6.61 Å². The second kappa shape index (κ2) is 9.05. The fraction of sp³-hybridized carbons (Fsp3) is 0.200. The van der Waals surface area contributed by atoms with Crippen LogP contribution in [0.1, 0.15) is 12.5 Å². The molecule has 1 amide bonds. The summed E-state index contributed by atoms with van der Waals surface area (Å²) in [7, 11) is 0. The van der Waals surface area contributed by atoms with Crippen molar-refractivity contribution in [3.8, 4) is 0 Å². The first-order valence-electron chi connectivity index (χ1n) is 4.29. The molecule has 0 saturated carbocycles. The Morgan fingerprint density at radius 1 is 1.47 bits per heavy atom.